The Bertz CT molecular complexity index is 560. The van der Waals surface area contributed by atoms with Crippen molar-refractivity contribution in [2.75, 3.05) is 44.7 Å². The fourth-order valence-corrected chi connectivity index (χ4v) is 2.62. The van der Waals surface area contributed by atoms with Crippen LogP contribution in [-0.2, 0) is 9.53 Å². The maximum atomic E-state index is 11.1. The number of aryl methyl sites for hydroxylation is 1. The molecule has 0 atom stereocenters. The third-order valence-electron chi connectivity index (χ3n) is 4.05. The van der Waals surface area contributed by atoms with Gasteiger partial charge in [0.25, 0.3) is 0 Å². The van der Waals surface area contributed by atoms with Gasteiger partial charge in [-0.25, -0.2) is 0 Å². The van der Waals surface area contributed by atoms with Gasteiger partial charge in [0.2, 0.25) is 0 Å². The summed E-state index contributed by atoms with van der Waals surface area (Å²) < 4.78 is 4.64. The maximum Gasteiger partial charge on any atom is 0.305 e. The number of likely N-dealkylation sites (N-methyl/N-ethyl adjacent to an activating group) is 1. The van der Waals surface area contributed by atoms with Crippen molar-refractivity contribution in [2.24, 2.45) is 4.99 Å². The molecule has 0 saturated heterocycles. The molecule has 6 nitrogen and oxygen atoms in total. The van der Waals surface area contributed by atoms with Gasteiger partial charge < -0.3 is 20.3 Å². The quantitative estimate of drug-likeness (QED) is 0.274. The number of carbonyl (C=O) groups excluding carboxylic acids is 1. The van der Waals surface area contributed by atoms with Gasteiger partial charge in [-0.2, -0.15) is 0 Å². The van der Waals surface area contributed by atoms with Crippen LogP contribution in [-0.4, -0.2) is 51.8 Å². The number of guanidine groups is 1. The number of hydrogen-bond donors (Lipinski definition) is 2. The van der Waals surface area contributed by atoms with E-state index < -0.39 is 0 Å². The first kappa shape index (κ1) is 21.8. The van der Waals surface area contributed by atoms with Crippen molar-refractivity contribution in [2.45, 2.75) is 40.0 Å². The van der Waals surface area contributed by atoms with Crippen LogP contribution in [0.15, 0.2) is 29.3 Å². The predicted octanol–water partition coefficient (Wildman–Crippen LogP) is 2.72. The van der Waals surface area contributed by atoms with Crippen molar-refractivity contribution in [1.29, 1.82) is 0 Å². The number of esters is 1. The molecule has 26 heavy (non-hydrogen) atoms. The van der Waals surface area contributed by atoms with Gasteiger partial charge in [0.15, 0.2) is 5.96 Å². The van der Waals surface area contributed by atoms with E-state index in [1.54, 1.807) is 0 Å². The van der Waals surface area contributed by atoms with E-state index in [9.17, 15) is 4.79 Å². The molecule has 1 aromatic carbocycles. The monoisotopic (exact) mass is 362 g/mol. The van der Waals surface area contributed by atoms with E-state index in [0.717, 1.165) is 45.0 Å². The first-order chi connectivity index (χ1) is 12.6. The third-order valence-corrected chi connectivity index (χ3v) is 4.05. The van der Waals surface area contributed by atoms with Gasteiger partial charge >= 0.3 is 5.97 Å². The summed E-state index contributed by atoms with van der Waals surface area (Å²) in [5, 5.41) is 6.65. The minimum absolute atomic E-state index is 0.158. The lowest BCUT2D eigenvalue weighted by molar-refractivity contribution is -0.140. The van der Waals surface area contributed by atoms with E-state index in [1.807, 2.05) is 0 Å². The molecule has 146 valence electrons. The summed E-state index contributed by atoms with van der Waals surface area (Å²) in [7, 11) is 1.42. The summed E-state index contributed by atoms with van der Waals surface area (Å²) in [6.07, 6.45) is 2.13. The molecule has 0 amide bonds. The molecule has 1 aromatic rings. The second-order valence-corrected chi connectivity index (χ2v) is 6.14. The summed E-state index contributed by atoms with van der Waals surface area (Å²) >= 11 is 0. The molecule has 2 N–H and O–H groups in total. The number of methoxy groups -OCH3 is 1. The molecule has 0 bridgehead atoms. The van der Waals surface area contributed by atoms with Gasteiger partial charge in [0, 0.05) is 44.8 Å². The number of anilines is 1. The summed E-state index contributed by atoms with van der Waals surface area (Å²) in [5.74, 6) is 0.667. The standard InChI is InChI=1S/C20H34N4O2/c1-5-21-20(22-13-8-7-12-19(25)26-4)23-14-15-24(6-2)18-11-9-10-17(3)16-18/h9-11,16H,5-8,12-15H2,1-4H3,(H2,21,22,23). The number of aliphatic imine (C=N–C) groups is 1. The summed E-state index contributed by atoms with van der Waals surface area (Å²) in [6, 6.07) is 8.58. The van der Waals surface area contributed by atoms with Crippen LogP contribution in [0.5, 0.6) is 0 Å². The van der Waals surface area contributed by atoms with Crippen LogP contribution in [0.3, 0.4) is 0 Å². The van der Waals surface area contributed by atoms with Gasteiger partial charge in [-0.3, -0.25) is 9.79 Å². The molecular weight excluding hydrogens is 328 g/mol. The fourth-order valence-electron chi connectivity index (χ4n) is 2.62. The van der Waals surface area contributed by atoms with E-state index in [1.165, 1.54) is 18.4 Å². The second-order valence-electron chi connectivity index (χ2n) is 6.14. The zero-order valence-electron chi connectivity index (χ0n) is 16.7. The number of nitrogens with one attached hydrogen (secondary N) is 2. The van der Waals surface area contributed by atoms with E-state index in [4.69, 9.17) is 0 Å². The van der Waals surface area contributed by atoms with E-state index in [2.05, 4.69) is 70.3 Å². The van der Waals surface area contributed by atoms with Crippen LogP contribution in [0.4, 0.5) is 5.69 Å². The van der Waals surface area contributed by atoms with Crippen LogP contribution < -0.4 is 15.5 Å². The van der Waals surface area contributed by atoms with Gasteiger partial charge in [0.1, 0.15) is 0 Å². The number of benzene rings is 1. The normalized spacial score (nSPS) is 11.2. The Kier molecular flexibility index (Phi) is 10.9. The lowest BCUT2D eigenvalue weighted by Gasteiger charge is -2.24. The molecule has 0 spiro atoms. The average Bonchev–Trinajstić information content (AvgIpc) is 2.64. The highest BCUT2D eigenvalue weighted by molar-refractivity contribution is 5.79. The summed E-state index contributed by atoms with van der Waals surface area (Å²) in [5.41, 5.74) is 2.52. The first-order valence-electron chi connectivity index (χ1n) is 9.51. The van der Waals surface area contributed by atoms with Crippen molar-refractivity contribution < 1.29 is 9.53 Å². The number of nitrogens with zero attached hydrogens (tertiary/aromatic N) is 2. The van der Waals surface area contributed by atoms with Crippen molar-refractivity contribution in [3.05, 3.63) is 29.8 Å². The summed E-state index contributed by atoms with van der Waals surface area (Å²) in [4.78, 5) is 18.0. The van der Waals surface area contributed by atoms with Crippen molar-refractivity contribution in [3.63, 3.8) is 0 Å². The first-order valence-corrected chi connectivity index (χ1v) is 9.51. The average molecular weight is 363 g/mol. The Morgan fingerprint density at radius 3 is 2.69 bits per heavy atom. The van der Waals surface area contributed by atoms with Gasteiger partial charge in [-0.15, -0.1) is 0 Å². The molecule has 0 aliphatic heterocycles. The molecule has 0 heterocycles. The molecule has 0 aromatic heterocycles. The van der Waals surface area contributed by atoms with Gasteiger partial charge in [-0.1, -0.05) is 12.1 Å². The van der Waals surface area contributed by atoms with Crippen molar-refractivity contribution in [3.8, 4) is 0 Å². The molecule has 0 fully saturated rings. The van der Waals surface area contributed by atoms with E-state index in [0.29, 0.717) is 13.0 Å². The highest BCUT2D eigenvalue weighted by Gasteiger charge is 2.05. The smallest absolute Gasteiger partial charge is 0.305 e. The zero-order valence-corrected chi connectivity index (χ0v) is 16.7. The number of rotatable bonds is 11. The second kappa shape index (κ2) is 13.0. The molecule has 0 saturated carbocycles. The van der Waals surface area contributed by atoms with Crippen molar-refractivity contribution >= 4 is 17.6 Å². The Labute approximate surface area is 158 Å². The number of carbonyl (C=O) groups is 1. The van der Waals surface area contributed by atoms with Crippen LogP contribution >= 0.6 is 0 Å². The summed E-state index contributed by atoms with van der Waals surface area (Å²) in [6.45, 7) is 10.5. The minimum atomic E-state index is -0.158. The highest BCUT2D eigenvalue weighted by atomic mass is 16.5. The van der Waals surface area contributed by atoms with Crippen LogP contribution in [0.25, 0.3) is 0 Å². The molecule has 0 aliphatic carbocycles. The number of ether oxygens (including phenoxy) is 1. The molecule has 0 radical (unpaired) electrons. The maximum absolute atomic E-state index is 11.1. The highest BCUT2D eigenvalue weighted by Crippen LogP contribution is 2.14. The topological polar surface area (TPSA) is 66.0 Å². The molecule has 1 rings (SSSR count). The van der Waals surface area contributed by atoms with Crippen LogP contribution in [0, 0.1) is 6.92 Å². The van der Waals surface area contributed by atoms with Crippen LogP contribution in [0.2, 0.25) is 0 Å². The SMILES string of the molecule is CCNC(=NCCCCC(=O)OC)NCCN(CC)c1cccc(C)c1. The molecule has 6 heteroatoms. The Morgan fingerprint density at radius 1 is 1.23 bits per heavy atom. The number of hydrogen-bond acceptors (Lipinski definition) is 4. The van der Waals surface area contributed by atoms with Gasteiger partial charge in [0.05, 0.1) is 7.11 Å². The fraction of sp³-hybridized carbons (Fsp3) is 0.600. The Hall–Kier alpha value is -2.24. The molecule has 0 unspecified atom stereocenters. The number of unbranched alkanes of at least 4 members (excludes halogenated alkanes) is 1. The lowest BCUT2D eigenvalue weighted by Crippen LogP contribution is -2.41. The Balaban J connectivity index is 2.41. The van der Waals surface area contributed by atoms with Crippen molar-refractivity contribution in [1.82, 2.24) is 10.6 Å². The third kappa shape index (κ3) is 8.74. The molecule has 0 aliphatic rings. The van der Waals surface area contributed by atoms with Crippen LogP contribution in [0.1, 0.15) is 38.7 Å². The lowest BCUT2D eigenvalue weighted by atomic mass is 10.2. The molecular formula is C20H34N4O2. The van der Waals surface area contributed by atoms with Gasteiger partial charge in [-0.05, 0) is 51.3 Å². The van der Waals surface area contributed by atoms with E-state index >= 15 is 0 Å². The largest absolute Gasteiger partial charge is 0.469 e. The Morgan fingerprint density at radius 2 is 2.04 bits per heavy atom. The minimum Gasteiger partial charge on any atom is -0.469 e. The zero-order chi connectivity index (χ0) is 19.2. The van der Waals surface area contributed by atoms with E-state index in [-0.39, 0.29) is 5.97 Å². The predicted molar refractivity (Wildman–Crippen MR) is 109 cm³/mol.